The topological polar surface area (TPSA) is 101 Å². The predicted octanol–water partition coefficient (Wildman–Crippen LogP) is 3.00. The molecule has 25 heavy (non-hydrogen) atoms. The summed E-state index contributed by atoms with van der Waals surface area (Å²) in [5.74, 6) is 1.04. The minimum atomic E-state index is -4.67. The first-order chi connectivity index (χ1) is 11.7. The van der Waals surface area contributed by atoms with Gasteiger partial charge >= 0.3 is 10.4 Å². The summed E-state index contributed by atoms with van der Waals surface area (Å²) in [5, 5.41) is 10.4. The maximum atomic E-state index is 12.3. The van der Waals surface area contributed by atoms with Gasteiger partial charge in [-0.2, -0.15) is 8.42 Å². The van der Waals surface area contributed by atoms with Gasteiger partial charge in [0.25, 0.3) is 0 Å². The van der Waals surface area contributed by atoms with Crippen molar-refractivity contribution in [1.82, 2.24) is 0 Å². The highest BCUT2D eigenvalue weighted by atomic mass is 32.3. The van der Waals surface area contributed by atoms with E-state index in [2.05, 4.69) is 11.1 Å². The van der Waals surface area contributed by atoms with Gasteiger partial charge in [-0.15, -0.1) is 0 Å². The smallest absolute Gasteiger partial charge is 0.446 e. The lowest BCUT2D eigenvalue weighted by Crippen LogP contribution is -2.42. The first kappa shape index (κ1) is 16.8. The van der Waals surface area contributed by atoms with Crippen LogP contribution in [0.5, 0.6) is 11.5 Å². The second kappa shape index (κ2) is 5.45. The van der Waals surface area contributed by atoms with Crippen molar-refractivity contribution < 1.29 is 27.1 Å². The zero-order valence-electron chi connectivity index (χ0n) is 14.1. The lowest BCUT2D eigenvalue weighted by atomic mass is 9.55. The number of benzene rings is 1. The van der Waals surface area contributed by atoms with E-state index in [-0.39, 0.29) is 22.8 Å². The fourth-order valence-electron chi connectivity index (χ4n) is 5.58. The Hall–Kier alpha value is -1.60. The van der Waals surface area contributed by atoms with Crippen LogP contribution in [-0.2, 0) is 21.6 Å². The van der Waals surface area contributed by atoms with E-state index in [1.54, 1.807) is 6.07 Å². The summed E-state index contributed by atoms with van der Waals surface area (Å²) < 4.78 is 35.2. The Morgan fingerprint density at radius 2 is 1.96 bits per heavy atom. The zero-order valence-corrected chi connectivity index (χ0v) is 14.9. The van der Waals surface area contributed by atoms with Crippen LogP contribution in [0.25, 0.3) is 0 Å². The lowest BCUT2D eigenvalue weighted by Gasteiger charge is -2.48. The fraction of sp³-hybridized carbons (Fsp3) is 0.611. The van der Waals surface area contributed by atoms with Gasteiger partial charge in [0.15, 0.2) is 11.5 Å². The number of rotatable bonds is 2. The molecule has 6 nitrogen and oxygen atoms in total. The maximum Gasteiger partial charge on any atom is 0.446 e. The summed E-state index contributed by atoms with van der Waals surface area (Å²) in [5.41, 5.74) is 1.53. The molecule has 0 unspecified atom stereocenters. The summed E-state index contributed by atoms with van der Waals surface area (Å²) in [6.07, 6.45) is 4.86. The number of Topliss-reactive ketones (excluding diaryl/α,β-unsaturated/α-hetero) is 1. The number of fused-ring (bicyclic) bond motifs is 5. The highest BCUT2D eigenvalue weighted by molar-refractivity contribution is 7.81. The van der Waals surface area contributed by atoms with Crippen LogP contribution < -0.4 is 4.18 Å². The van der Waals surface area contributed by atoms with E-state index in [1.165, 1.54) is 6.07 Å². The molecule has 0 bridgehead atoms. The normalized spacial score (nSPS) is 34.2. The Morgan fingerprint density at radius 1 is 1.20 bits per heavy atom. The molecular weight excluding hydrogens is 344 g/mol. The van der Waals surface area contributed by atoms with E-state index >= 15 is 0 Å². The van der Waals surface area contributed by atoms with Crippen molar-refractivity contribution in [3.8, 4) is 11.5 Å². The van der Waals surface area contributed by atoms with Crippen molar-refractivity contribution >= 4 is 16.2 Å². The highest BCUT2D eigenvalue weighted by Crippen LogP contribution is 2.60. The summed E-state index contributed by atoms with van der Waals surface area (Å²) in [7, 11) is -4.67. The van der Waals surface area contributed by atoms with Crippen molar-refractivity contribution in [1.29, 1.82) is 0 Å². The molecule has 0 aromatic heterocycles. The predicted molar refractivity (Wildman–Crippen MR) is 89.9 cm³/mol. The van der Waals surface area contributed by atoms with E-state index in [0.717, 1.165) is 31.2 Å². The van der Waals surface area contributed by atoms with Crippen molar-refractivity contribution in [2.75, 3.05) is 0 Å². The molecule has 0 heterocycles. The quantitative estimate of drug-likeness (QED) is 0.780. The second-order valence-electron chi connectivity index (χ2n) is 7.82. The van der Waals surface area contributed by atoms with Crippen LogP contribution in [0.4, 0.5) is 0 Å². The third kappa shape index (κ3) is 2.56. The van der Waals surface area contributed by atoms with E-state index in [9.17, 15) is 18.3 Å². The van der Waals surface area contributed by atoms with Gasteiger partial charge in [-0.1, -0.05) is 13.0 Å². The second-order valence-corrected chi connectivity index (χ2v) is 8.85. The zero-order chi connectivity index (χ0) is 18.0. The molecule has 0 saturated heterocycles. The van der Waals surface area contributed by atoms with Gasteiger partial charge in [0.2, 0.25) is 0 Å². The summed E-state index contributed by atoms with van der Waals surface area (Å²) in [4.78, 5) is 12.3. The average Bonchev–Trinajstić information content (AvgIpc) is 2.84. The van der Waals surface area contributed by atoms with Gasteiger partial charge < -0.3 is 9.29 Å². The van der Waals surface area contributed by atoms with Gasteiger partial charge in [0.1, 0.15) is 5.78 Å². The Morgan fingerprint density at radius 3 is 2.68 bits per heavy atom. The molecule has 1 aromatic carbocycles. The Balaban J connectivity index is 1.70. The molecule has 7 heteroatoms. The SMILES string of the molecule is C[C@]12CC[C@@H]3c4ccc(OS(=O)(=O)O)c(O)c4CC[C@H]3[C@@H]1CCC2=O. The standard InChI is InChI=1S/C18H22O6S/c1-18-9-8-11-10-4-6-15(24-25(21,22)23)17(20)13(10)3-2-12(11)14(18)5-7-16(18)19/h4,6,11-12,14,20H,2-3,5,7-9H2,1H3,(H,21,22,23)/t11-,12-,14+,18+/m1/s1. The molecule has 2 fully saturated rings. The molecule has 0 spiro atoms. The number of hydrogen-bond donors (Lipinski definition) is 2. The first-order valence-corrected chi connectivity index (χ1v) is 10.1. The van der Waals surface area contributed by atoms with Crippen molar-refractivity contribution in [2.24, 2.45) is 17.3 Å². The van der Waals surface area contributed by atoms with E-state index < -0.39 is 10.4 Å². The average molecular weight is 366 g/mol. The molecule has 2 saturated carbocycles. The largest absolute Gasteiger partial charge is 0.504 e. The minimum absolute atomic E-state index is 0.200. The molecule has 2 N–H and O–H groups in total. The molecule has 0 radical (unpaired) electrons. The van der Waals surface area contributed by atoms with Gasteiger partial charge in [-0.05, 0) is 61.5 Å². The molecular formula is C18H22O6S. The number of aromatic hydroxyl groups is 1. The van der Waals surface area contributed by atoms with Crippen molar-refractivity contribution in [3.63, 3.8) is 0 Å². The molecule has 3 aliphatic rings. The van der Waals surface area contributed by atoms with E-state index in [1.807, 2.05) is 0 Å². The van der Waals surface area contributed by atoms with Crippen LogP contribution in [0.15, 0.2) is 12.1 Å². The molecule has 4 rings (SSSR count). The lowest BCUT2D eigenvalue weighted by molar-refractivity contribution is -0.129. The number of phenols is 1. The molecule has 0 amide bonds. The third-order valence-electron chi connectivity index (χ3n) is 6.75. The highest BCUT2D eigenvalue weighted by Gasteiger charge is 2.54. The van der Waals surface area contributed by atoms with Crippen LogP contribution in [0.1, 0.15) is 56.1 Å². The minimum Gasteiger partial charge on any atom is -0.504 e. The number of phenolic OH excluding ortho intramolecular Hbond substituents is 1. The summed E-state index contributed by atoms with van der Waals surface area (Å²) in [6, 6.07) is 3.20. The maximum absolute atomic E-state index is 12.3. The first-order valence-electron chi connectivity index (χ1n) is 8.75. The number of carbonyl (C=O) groups excluding carboxylic acids is 1. The van der Waals surface area contributed by atoms with Crippen LogP contribution in [0.2, 0.25) is 0 Å². The van der Waals surface area contributed by atoms with Gasteiger partial charge in [-0.3, -0.25) is 9.35 Å². The van der Waals surface area contributed by atoms with Crippen LogP contribution in [0, 0.1) is 17.3 Å². The Bertz CT molecular complexity index is 845. The fourth-order valence-corrected chi connectivity index (χ4v) is 5.94. The number of carbonyl (C=O) groups is 1. The van der Waals surface area contributed by atoms with Crippen molar-refractivity contribution in [3.05, 3.63) is 23.3 Å². The third-order valence-corrected chi connectivity index (χ3v) is 7.14. The molecule has 0 aliphatic heterocycles. The number of hydrogen-bond acceptors (Lipinski definition) is 5. The van der Waals surface area contributed by atoms with E-state index in [4.69, 9.17) is 4.55 Å². The van der Waals surface area contributed by atoms with Crippen LogP contribution in [-0.4, -0.2) is 23.9 Å². The van der Waals surface area contributed by atoms with Gasteiger partial charge in [-0.25, -0.2) is 0 Å². The molecule has 4 atom stereocenters. The molecule has 1 aromatic rings. The molecule has 136 valence electrons. The van der Waals surface area contributed by atoms with Crippen molar-refractivity contribution in [2.45, 2.75) is 51.4 Å². The Kier molecular flexibility index (Phi) is 3.67. The summed E-state index contributed by atoms with van der Waals surface area (Å²) in [6.45, 7) is 2.11. The van der Waals surface area contributed by atoms with Gasteiger partial charge in [0.05, 0.1) is 0 Å². The van der Waals surface area contributed by atoms with Crippen LogP contribution >= 0.6 is 0 Å². The molecule has 3 aliphatic carbocycles. The number of ketones is 1. The van der Waals surface area contributed by atoms with Crippen LogP contribution in [0.3, 0.4) is 0 Å². The Labute approximate surface area is 147 Å². The summed E-state index contributed by atoms with van der Waals surface area (Å²) >= 11 is 0. The van der Waals surface area contributed by atoms with E-state index in [0.29, 0.717) is 36.0 Å². The van der Waals surface area contributed by atoms with Gasteiger partial charge in [0, 0.05) is 17.4 Å². The monoisotopic (exact) mass is 366 g/mol.